The summed E-state index contributed by atoms with van der Waals surface area (Å²) >= 11 is 0. The van der Waals surface area contributed by atoms with Gasteiger partial charge >= 0.3 is 0 Å². The van der Waals surface area contributed by atoms with E-state index >= 15 is 0 Å². The second-order valence-corrected chi connectivity index (χ2v) is 5.90. The largest absolute Gasteiger partial charge is 0.494 e. The molecule has 2 aromatic carbocycles. The molecule has 0 amide bonds. The van der Waals surface area contributed by atoms with Crippen molar-refractivity contribution in [1.82, 2.24) is 0 Å². The van der Waals surface area contributed by atoms with Gasteiger partial charge in [0.15, 0.2) is 0 Å². The van der Waals surface area contributed by atoms with Gasteiger partial charge in [-0.1, -0.05) is 39.0 Å². The summed E-state index contributed by atoms with van der Waals surface area (Å²) in [6.45, 7) is 3.01. The number of benzene rings is 2. The first-order valence-corrected chi connectivity index (χ1v) is 8.78. The van der Waals surface area contributed by atoms with Crippen LogP contribution < -0.4 is 10.5 Å². The summed E-state index contributed by atoms with van der Waals surface area (Å²) in [7, 11) is 0. The Kier molecular flexibility index (Phi) is 7.81. The molecule has 4 nitrogen and oxygen atoms in total. The zero-order valence-corrected chi connectivity index (χ0v) is 14.4. The third kappa shape index (κ3) is 6.82. The Hall–Kier alpha value is -2.36. The van der Waals surface area contributed by atoms with Crippen LogP contribution in [0.1, 0.15) is 45.4 Å². The van der Waals surface area contributed by atoms with Crippen molar-refractivity contribution in [2.45, 2.75) is 45.4 Å². The lowest BCUT2D eigenvalue weighted by atomic mass is 10.1. The SMILES string of the molecule is CCCCCCCCOc1ccc(N=Nc2ccc(N)cc2)cc1. The lowest BCUT2D eigenvalue weighted by molar-refractivity contribution is 0.304. The quantitative estimate of drug-likeness (QED) is 0.311. The average molecular weight is 325 g/mol. The van der Waals surface area contributed by atoms with E-state index in [2.05, 4.69) is 17.2 Å². The van der Waals surface area contributed by atoms with Crippen LogP contribution in [0.25, 0.3) is 0 Å². The summed E-state index contributed by atoms with van der Waals surface area (Å²) in [5.41, 5.74) is 7.96. The molecule has 0 atom stereocenters. The maximum Gasteiger partial charge on any atom is 0.119 e. The number of azo groups is 1. The van der Waals surface area contributed by atoms with Gasteiger partial charge in [-0.25, -0.2) is 0 Å². The van der Waals surface area contributed by atoms with Crippen molar-refractivity contribution in [2.75, 3.05) is 12.3 Å². The summed E-state index contributed by atoms with van der Waals surface area (Å²) in [4.78, 5) is 0. The summed E-state index contributed by atoms with van der Waals surface area (Å²) in [5.74, 6) is 0.884. The van der Waals surface area contributed by atoms with Crippen LogP contribution in [0.3, 0.4) is 0 Å². The molecular formula is C20H27N3O. The van der Waals surface area contributed by atoms with E-state index in [4.69, 9.17) is 10.5 Å². The van der Waals surface area contributed by atoms with Gasteiger partial charge in [-0.05, 0) is 55.0 Å². The molecule has 0 fully saturated rings. The van der Waals surface area contributed by atoms with Crippen LogP contribution in [0, 0.1) is 0 Å². The third-order valence-corrected chi connectivity index (χ3v) is 3.78. The number of nitrogens with two attached hydrogens (primary N) is 1. The maximum absolute atomic E-state index is 5.76. The zero-order valence-electron chi connectivity index (χ0n) is 14.4. The van der Waals surface area contributed by atoms with E-state index in [1.807, 2.05) is 48.5 Å². The molecule has 0 aliphatic heterocycles. The number of hydrogen-bond donors (Lipinski definition) is 1. The van der Waals surface area contributed by atoms with Crippen molar-refractivity contribution in [3.8, 4) is 5.75 Å². The number of anilines is 1. The van der Waals surface area contributed by atoms with Gasteiger partial charge < -0.3 is 10.5 Å². The second-order valence-electron chi connectivity index (χ2n) is 5.90. The number of rotatable bonds is 10. The molecule has 0 spiro atoms. The first-order chi connectivity index (χ1) is 11.8. The van der Waals surface area contributed by atoms with Gasteiger partial charge in [0.25, 0.3) is 0 Å². The van der Waals surface area contributed by atoms with Crippen molar-refractivity contribution >= 4 is 17.1 Å². The molecule has 2 N–H and O–H groups in total. The lowest BCUT2D eigenvalue weighted by Crippen LogP contribution is -1.96. The fourth-order valence-corrected chi connectivity index (χ4v) is 2.34. The van der Waals surface area contributed by atoms with E-state index in [0.717, 1.165) is 35.8 Å². The van der Waals surface area contributed by atoms with E-state index in [-0.39, 0.29) is 0 Å². The molecule has 4 heteroatoms. The predicted molar refractivity (Wildman–Crippen MR) is 100 cm³/mol. The van der Waals surface area contributed by atoms with Crippen LogP contribution in [0.15, 0.2) is 58.8 Å². The molecule has 0 heterocycles. The lowest BCUT2D eigenvalue weighted by Gasteiger charge is -2.06. The monoisotopic (exact) mass is 325 g/mol. The molecule has 2 aromatic rings. The van der Waals surface area contributed by atoms with Crippen LogP contribution >= 0.6 is 0 Å². The van der Waals surface area contributed by atoms with Crippen LogP contribution in [-0.4, -0.2) is 6.61 Å². The molecule has 0 aliphatic rings. The summed E-state index contributed by atoms with van der Waals surface area (Å²) in [6, 6.07) is 15.0. The topological polar surface area (TPSA) is 60.0 Å². The van der Waals surface area contributed by atoms with Crippen molar-refractivity contribution in [3.63, 3.8) is 0 Å². The molecule has 0 saturated heterocycles. The summed E-state index contributed by atoms with van der Waals surface area (Å²) in [6.07, 6.45) is 7.63. The summed E-state index contributed by atoms with van der Waals surface area (Å²) in [5, 5.41) is 8.40. The number of nitrogens with zero attached hydrogens (tertiary/aromatic N) is 2. The standard InChI is InChI=1S/C20H27N3O/c1-2-3-4-5-6-7-16-24-20-14-12-19(13-15-20)23-22-18-10-8-17(21)9-11-18/h8-15H,2-7,16,21H2,1H3. The van der Waals surface area contributed by atoms with Gasteiger partial charge in [-0.2, -0.15) is 10.2 Å². The van der Waals surface area contributed by atoms with Gasteiger partial charge in [-0.15, -0.1) is 0 Å². The van der Waals surface area contributed by atoms with E-state index in [1.165, 1.54) is 32.1 Å². The Morgan fingerprint density at radius 2 is 1.29 bits per heavy atom. The van der Waals surface area contributed by atoms with Gasteiger partial charge in [0, 0.05) is 5.69 Å². The molecule has 0 unspecified atom stereocenters. The molecule has 0 aliphatic carbocycles. The van der Waals surface area contributed by atoms with E-state index in [9.17, 15) is 0 Å². The Balaban J connectivity index is 1.71. The molecule has 0 radical (unpaired) electrons. The summed E-state index contributed by atoms with van der Waals surface area (Å²) < 4.78 is 5.76. The fourth-order valence-electron chi connectivity index (χ4n) is 2.34. The molecule has 0 saturated carbocycles. The first-order valence-electron chi connectivity index (χ1n) is 8.78. The van der Waals surface area contributed by atoms with Crippen LogP contribution in [-0.2, 0) is 0 Å². The smallest absolute Gasteiger partial charge is 0.119 e. The normalized spacial score (nSPS) is 11.0. The molecular weight excluding hydrogens is 298 g/mol. The van der Waals surface area contributed by atoms with Crippen molar-refractivity contribution in [2.24, 2.45) is 10.2 Å². The van der Waals surface area contributed by atoms with Gasteiger partial charge in [0.2, 0.25) is 0 Å². The minimum absolute atomic E-state index is 0.723. The van der Waals surface area contributed by atoms with E-state index < -0.39 is 0 Å². The highest BCUT2D eigenvalue weighted by molar-refractivity contribution is 5.48. The van der Waals surface area contributed by atoms with Crippen LogP contribution in [0.4, 0.5) is 17.1 Å². The molecule has 128 valence electrons. The predicted octanol–water partition coefficient (Wildman–Crippen LogP) is 6.42. The maximum atomic E-state index is 5.76. The molecule has 2 rings (SSSR count). The minimum atomic E-state index is 0.723. The molecule has 0 bridgehead atoms. The van der Waals surface area contributed by atoms with Crippen LogP contribution in [0.2, 0.25) is 0 Å². The molecule has 0 aromatic heterocycles. The number of unbranched alkanes of at least 4 members (excludes halogenated alkanes) is 5. The third-order valence-electron chi connectivity index (χ3n) is 3.78. The highest BCUT2D eigenvalue weighted by atomic mass is 16.5. The Bertz CT molecular complexity index is 606. The van der Waals surface area contributed by atoms with Crippen molar-refractivity contribution < 1.29 is 4.74 Å². The van der Waals surface area contributed by atoms with Crippen molar-refractivity contribution in [3.05, 3.63) is 48.5 Å². The first kappa shape index (κ1) is 18.0. The van der Waals surface area contributed by atoms with Gasteiger partial charge in [-0.3, -0.25) is 0 Å². The highest BCUT2D eigenvalue weighted by Crippen LogP contribution is 2.22. The van der Waals surface area contributed by atoms with E-state index in [0.29, 0.717) is 0 Å². The Labute approximate surface area is 144 Å². The van der Waals surface area contributed by atoms with Crippen LogP contribution in [0.5, 0.6) is 5.75 Å². The Morgan fingerprint density at radius 3 is 1.92 bits per heavy atom. The fraction of sp³-hybridized carbons (Fsp3) is 0.400. The minimum Gasteiger partial charge on any atom is -0.494 e. The molecule has 24 heavy (non-hydrogen) atoms. The average Bonchev–Trinajstić information content (AvgIpc) is 2.61. The Morgan fingerprint density at radius 1 is 0.750 bits per heavy atom. The van der Waals surface area contributed by atoms with Gasteiger partial charge in [0.1, 0.15) is 5.75 Å². The van der Waals surface area contributed by atoms with E-state index in [1.54, 1.807) is 0 Å². The second kappa shape index (κ2) is 10.4. The van der Waals surface area contributed by atoms with Crippen molar-refractivity contribution in [1.29, 1.82) is 0 Å². The highest BCUT2D eigenvalue weighted by Gasteiger charge is 1.96. The number of ether oxygens (including phenoxy) is 1. The van der Waals surface area contributed by atoms with Gasteiger partial charge in [0.05, 0.1) is 18.0 Å². The zero-order chi connectivity index (χ0) is 17.0. The number of nitrogen functional groups attached to an aromatic ring is 1. The number of hydrogen-bond acceptors (Lipinski definition) is 4.